The van der Waals surface area contributed by atoms with Gasteiger partial charge < -0.3 is 24.4 Å². The molecule has 0 spiro atoms. The number of carbonyl (C=O) groups is 4. The van der Waals surface area contributed by atoms with Crippen molar-refractivity contribution in [1.82, 2.24) is 0 Å². The Balaban J connectivity index is 1.32. The van der Waals surface area contributed by atoms with Crippen molar-refractivity contribution in [2.45, 2.75) is 32.6 Å². The summed E-state index contributed by atoms with van der Waals surface area (Å²) in [6.45, 7) is 2.26. The van der Waals surface area contributed by atoms with Crippen LogP contribution < -0.4 is 14.2 Å². The van der Waals surface area contributed by atoms with Crippen LogP contribution in [0.25, 0.3) is 20.2 Å². The van der Waals surface area contributed by atoms with Crippen molar-refractivity contribution in [3.63, 3.8) is 0 Å². The predicted molar refractivity (Wildman–Crippen MR) is 153 cm³/mol. The average molecular weight is 585 g/mol. The van der Waals surface area contributed by atoms with Gasteiger partial charge in [0.1, 0.15) is 5.75 Å². The predicted octanol–water partition coefficient (Wildman–Crippen LogP) is 6.31. The van der Waals surface area contributed by atoms with Gasteiger partial charge in [0.15, 0.2) is 23.1 Å². The summed E-state index contributed by atoms with van der Waals surface area (Å²) in [7, 11) is 1.54. The molecule has 0 radical (unpaired) electrons. The summed E-state index contributed by atoms with van der Waals surface area (Å²) in [5, 5.41) is 19.5. The summed E-state index contributed by atoms with van der Waals surface area (Å²) in [5.41, 5.74) is 0. The third-order valence-corrected chi connectivity index (χ3v) is 8.43. The van der Waals surface area contributed by atoms with Gasteiger partial charge >= 0.3 is 11.9 Å². The molecule has 2 N–H and O–H groups in total. The Morgan fingerprint density at radius 2 is 1.48 bits per heavy atom. The maximum absolute atomic E-state index is 12.5. The summed E-state index contributed by atoms with van der Waals surface area (Å²) in [4.78, 5) is 47.6. The van der Waals surface area contributed by atoms with E-state index in [4.69, 9.17) is 24.4 Å². The Labute approximate surface area is 237 Å². The fourth-order valence-corrected chi connectivity index (χ4v) is 5.98. The lowest BCUT2D eigenvalue weighted by atomic mass is 10.0. The Morgan fingerprint density at radius 1 is 0.800 bits per heavy atom. The van der Waals surface area contributed by atoms with Gasteiger partial charge in [-0.1, -0.05) is 6.92 Å². The summed E-state index contributed by atoms with van der Waals surface area (Å²) in [5.74, 6) is -1.43. The number of carboxylic acids is 2. The highest BCUT2D eigenvalue weighted by atomic mass is 32.1. The van der Waals surface area contributed by atoms with Gasteiger partial charge in [-0.05, 0) is 47.2 Å². The van der Waals surface area contributed by atoms with E-state index in [1.807, 2.05) is 24.3 Å². The minimum Gasteiger partial charge on any atom is -0.493 e. The molecule has 0 unspecified atom stereocenters. The molecule has 0 saturated heterocycles. The van der Waals surface area contributed by atoms with E-state index in [1.54, 1.807) is 18.2 Å². The number of thiophene rings is 2. The molecule has 0 bridgehead atoms. The minimum atomic E-state index is -1.00. The van der Waals surface area contributed by atoms with E-state index < -0.39 is 17.9 Å². The Hall–Kier alpha value is -3.96. The number of carbonyl (C=O) groups excluding carboxylic acids is 2. The van der Waals surface area contributed by atoms with Gasteiger partial charge in [-0.15, -0.1) is 22.7 Å². The van der Waals surface area contributed by atoms with Crippen LogP contribution in [0.2, 0.25) is 0 Å². The van der Waals surface area contributed by atoms with Gasteiger partial charge in [0.25, 0.3) is 0 Å². The molecule has 0 fully saturated rings. The first-order valence-corrected chi connectivity index (χ1v) is 14.2. The molecule has 0 aliphatic carbocycles. The molecule has 210 valence electrons. The molecule has 0 amide bonds. The smallest absolute Gasteiger partial charge is 0.306 e. The number of methoxy groups -OCH3 is 1. The number of fused-ring (bicyclic) bond motifs is 2. The number of hydrogen-bond acceptors (Lipinski definition) is 9. The van der Waals surface area contributed by atoms with E-state index in [1.165, 1.54) is 36.7 Å². The highest BCUT2D eigenvalue weighted by molar-refractivity contribution is 7.21. The van der Waals surface area contributed by atoms with Gasteiger partial charge in [-0.2, -0.15) is 0 Å². The number of hydrogen-bond donors (Lipinski definition) is 2. The van der Waals surface area contributed by atoms with E-state index >= 15 is 0 Å². The van der Waals surface area contributed by atoms with Crippen molar-refractivity contribution in [2.75, 3.05) is 20.3 Å². The Bertz CT molecular complexity index is 1570. The minimum absolute atomic E-state index is 0.0268. The summed E-state index contributed by atoms with van der Waals surface area (Å²) in [6, 6.07) is 12.7. The lowest BCUT2D eigenvalue weighted by Gasteiger charge is -2.11. The maximum atomic E-state index is 12.5. The van der Waals surface area contributed by atoms with Crippen molar-refractivity contribution < 1.29 is 43.6 Å². The highest BCUT2D eigenvalue weighted by Gasteiger charge is 2.20. The second-order valence-electron chi connectivity index (χ2n) is 9.20. The molecule has 4 rings (SSSR count). The SMILES string of the molecule is COc1cc2sc(C(=O)C[C@H](C)C(=O)O)cc2cc1OCCCOc1ccc2sc(C(=O)CCC(=O)O)cc2c1. The van der Waals surface area contributed by atoms with Crippen molar-refractivity contribution in [1.29, 1.82) is 0 Å². The molecule has 9 nitrogen and oxygen atoms in total. The first-order valence-electron chi connectivity index (χ1n) is 12.6. The monoisotopic (exact) mass is 584 g/mol. The fourth-order valence-electron chi connectivity index (χ4n) is 3.95. The highest BCUT2D eigenvalue weighted by Crippen LogP contribution is 2.37. The molecule has 0 aliphatic rings. The van der Waals surface area contributed by atoms with Crippen LogP contribution in [0.1, 0.15) is 52.0 Å². The normalized spacial score (nSPS) is 11.8. The maximum Gasteiger partial charge on any atom is 0.306 e. The number of ether oxygens (including phenoxy) is 3. The quantitative estimate of drug-likeness (QED) is 0.122. The zero-order valence-electron chi connectivity index (χ0n) is 21.9. The van der Waals surface area contributed by atoms with Crippen LogP contribution in [-0.2, 0) is 9.59 Å². The number of ketones is 2. The number of carboxylic acid groups (broad SMARTS) is 2. The second kappa shape index (κ2) is 12.9. The van der Waals surface area contributed by atoms with Gasteiger partial charge in [0, 0.05) is 34.7 Å². The number of aliphatic carboxylic acids is 2. The first kappa shape index (κ1) is 29.0. The van der Waals surface area contributed by atoms with Gasteiger partial charge in [0.05, 0.1) is 42.4 Å². The van der Waals surface area contributed by atoms with Crippen molar-refractivity contribution >= 4 is 66.4 Å². The lowest BCUT2D eigenvalue weighted by Crippen LogP contribution is -2.13. The van der Waals surface area contributed by atoms with Crippen LogP contribution in [0.15, 0.2) is 42.5 Å². The van der Waals surface area contributed by atoms with Crippen LogP contribution in [0.4, 0.5) is 0 Å². The molecule has 40 heavy (non-hydrogen) atoms. The van der Waals surface area contributed by atoms with Crippen LogP contribution >= 0.6 is 22.7 Å². The molecule has 0 saturated carbocycles. The van der Waals surface area contributed by atoms with Crippen molar-refractivity contribution in [3.8, 4) is 17.2 Å². The third kappa shape index (κ3) is 7.16. The fraction of sp³-hybridized carbons (Fsp3) is 0.310. The van der Waals surface area contributed by atoms with Crippen LogP contribution in [0.3, 0.4) is 0 Å². The van der Waals surface area contributed by atoms with Gasteiger partial charge in [-0.3, -0.25) is 19.2 Å². The van der Waals surface area contributed by atoms with E-state index in [0.717, 1.165) is 20.2 Å². The topological polar surface area (TPSA) is 136 Å². The van der Waals surface area contributed by atoms with Crippen LogP contribution in [0, 0.1) is 5.92 Å². The zero-order chi connectivity index (χ0) is 28.8. The summed E-state index contributed by atoms with van der Waals surface area (Å²) < 4.78 is 19.0. The largest absolute Gasteiger partial charge is 0.493 e. The molecule has 2 aromatic heterocycles. The summed E-state index contributed by atoms with van der Waals surface area (Å²) in [6.07, 6.45) is 0.308. The average Bonchev–Trinajstić information content (AvgIpc) is 3.54. The van der Waals surface area contributed by atoms with Gasteiger partial charge in [0.2, 0.25) is 0 Å². The standard InChI is InChI=1S/C29H28O9S2/c1-16(29(34)35)10-21(31)27-14-18-12-23(22(36-2)15-25(18)40-27)38-9-3-8-37-19-4-6-24-17(11-19)13-26(39-24)20(30)5-7-28(32)33/h4,6,11-16H,3,5,7-10H2,1-2H3,(H,32,33)(H,34,35)/t16-/m0/s1. The lowest BCUT2D eigenvalue weighted by molar-refractivity contribution is -0.141. The van der Waals surface area contributed by atoms with Crippen molar-refractivity contribution in [3.05, 3.63) is 52.2 Å². The number of rotatable bonds is 15. The van der Waals surface area contributed by atoms with E-state index in [-0.39, 0.29) is 30.8 Å². The Morgan fingerprint density at radius 3 is 2.17 bits per heavy atom. The molecule has 2 aromatic carbocycles. The molecular weight excluding hydrogens is 556 g/mol. The summed E-state index contributed by atoms with van der Waals surface area (Å²) >= 11 is 2.63. The molecule has 0 aliphatic heterocycles. The zero-order valence-corrected chi connectivity index (χ0v) is 23.6. The third-order valence-electron chi connectivity index (χ3n) is 6.13. The molecular formula is C29H28O9S2. The van der Waals surface area contributed by atoms with Crippen LogP contribution in [-0.4, -0.2) is 54.0 Å². The molecule has 4 aromatic rings. The number of Topliss-reactive ketones (excluding diaryl/α,β-unsaturated/α-hetero) is 2. The van der Waals surface area contributed by atoms with Crippen LogP contribution in [0.5, 0.6) is 17.2 Å². The first-order chi connectivity index (χ1) is 19.1. The number of benzene rings is 2. The molecule has 1 atom stereocenters. The molecule has 2 heterocycles. The van der Waals surface area contributed by atoms with E-state index in [2.05, 4.69) is 0 Å². The van der Waals surface area contributed by atoms with Crippen molar-refractivity contribution in [2.24, 2.45) is 5.92 Å². The van der Waals surface area contributed by atoms with E-state index in [9.17, 15) is 19.2 Å². The van der Waals surface area contributed by atoms with E-state index in [0.29, 0.717) is 46.6 Å². The van der Waals surface area contributed by atoms with Gasteiger partial charge in [-0.25, -0.2) is 0 Å². The molecule has 11 heteroatoms. The second-order valence-corrected chi connectivity index (χ2v) is 11.4. The Kier molecular flexibility index (Phi) is 9.38.